The Morgan fingerprint density at radius 1 is 1.31 bits per heavy atom. The molecule has 1 aromatic carbocycles. The first-order valence-corrected chi connectivity index (χ1v) is 10.5. The van der Waals surface area contributed by atoms with E-state index in [-0.39, 0.29) is 41.9 Å². The van der Waals surface area contributed by atoms with Crippen molar-refractivity contribution in [2.24, 2.45) is 23.7 Å². The molecule has 1 saturated carbocycles. The lowest BCUT2D eigenvalue weighted by molar-refractivity contribution is -0.141. The highest BCUT2D eigenvalue weighted by Crippen LogP contribution is 2.44. The molecule has 29 heavy (non-hydrogen) atoms. The van der Waals surface area contributed by atoms with Gasteiger partial charge < -0.3 is 14.6 Å². The van der Waals surface area contributed by atoms with E-state index in [2.05, 4.69) is 19.1 Å². The van der Waals surface area contributed by atoms with E-state index in [0.717, 1.165) is 12.8 Å². The Morgan fingerprint density at radius 3 is 2.83 bits per heavy atom. The number of rotatable bonds is 6. The summed E-state index contributed by atoms with van der Waals surface area (Å²) >= 11 is 0. The van der Waals surface area contributed by atoms with Crippen molar-refractivity contribution >= 4 is 11.9 Å². The third-order valence-electron chi connectivity index (χ3n) is 6.61. The maximum atomic E-state index is 12.5. The monoisotopic (exact) mass is 396 g/mol. The maximum absolute atomic E-state index is 12.5. The first kappa shape index (κ1) is 19.9. The van der Waals surface area contributed by atoms with Gasteiger partial charge in [-0.15, -0.1) is 0 Å². The molecule has 3 aliphatic rings. The van der Waals surface area contributed by atoms with Gasteiger partial charge in [-0.25, -0.2) is 4.79 Å². The molecule has 0 radical (unpaired) electrons. The minimum atomic E-state index is -0.578. The second kappa shape index (κ2) is 8.54. The van der Waals surface area contributed by atoms with Crippen LogP contribution in [0.4, 0.5) is 0 Å². The molecule has 2 aliphatic carbocycles. The summed E-state index contributed by atoms with van der Waals surface area (Å²) in [6, 6.07) is 8.90. The number of hydrogen-bond donors (Lipinski definition) is 1. The highest BCUT2D eigenvalue weighted by molar-refractivity contribution is 5.89. The van der Waals surface area contributed by atoms with Gasteiger partial charge in [0.05, 0.1) is 18.1 Å². The average Bonchev–Trinajstić information content (AvgIpc) is 3.43. The molecule has 0 aromatic heterocycles. The third kappa shape index (κ3) is 4.30. The van der Waals surface area contributed by atoms with Crippen molar-refractivity contribution in [1.29, 1.82) is 0 Å². The van der Waals surface area contributed by atoms with Crippen LogP contribution < -0.4 is 0 Å². The normalized spacial score (nSPS) is 32.9. The van der Waals surface area contributed by atoms with Crippen molar-refractivity contribution in [1.82, 2.24) is 0 Å². The van der Waals surface area contributed by atoms with Gasteiger partial charge in [-0.1, -0.05) is 49.4 Å². The van der Waals surface area contributed by atoms with Crippen molar-refractivity contribution < 1.29 is 24.2 Å². The van der Waals surface area contributed by atoms with E-state index < -0.39 is 6.10 Å². The molecule has 0 spiro atoms. The number of aliphatic hydroxyl groups excluding tert-OH is 1. The van der Waals surface area contributed by atoms with Crippen molar-refractivity contribution in [3.05, 3.63) is 60.2 Å². The first-order chi connectivity index (χ1) is 14.0. The number of allylic oxidation sites excluding steroid dienone is 2. The lowest BCUT2D eigenvalue weighted by Crippen LogP contribution is -2.26. The van der Waals surface area contributed by atoms with Crippen LogP contribution in [-0.2, 0) is 14.3 Å². The van der Waals surface area contributed by atoms with Crippen LogP contribution in [0, 0.1) is 23.7 Å². The van der Waals surface area contributed by atoms with E-state index >= 15 is 0 Å². The molecule has 4 rings (SSSR count). The number of fused-ring (bicyclic) bond motifs is 1. The Hall–Kier alpha value is -2.40. The van der Waals surface area contributed by atoms with Gasteiger partial charge in [0.15, 0.2) is 0 Å². The summed E-state index contributed by atoms with van der Waals surface area (Å²) in [5.41, 5.74) is 0.506. The Bertz CT molecular complexity index is 799. The number of benzene rings is 1. The van der Waals surface area contributed by atoms with Crippen LogP contribution >= 0.6 is 0 Å². The summed E-state index contributed by atoms with van der Waals surface area (Å²) in [6.45, 7) is 2.06. The fourth-order valence-corrected chi connectivity index (χ4v) is 4.83. The maximum Gasteiger partial charge on any atom is 0.338 e. The summed E-state index contributed by atoms with van der Waals surface area (Å²) in [5, 5.41) is 10.7. The first-order valence-electron chi connectivity index (χ1n) is 10.5. The molecular formula is C24H28O5. The molecule has 0 bridgehead atoms. The Kier molecular flexibility index (Phi) is 5.86. The van der Waals surface area contributed by atoms with E-state index in [0.29, 0.717) is 24.3 Å². The van der Waals surface area contributed by atoms with Gasteiger partial charge in [0, 0.05) is 18.3 Å². The molecule has 1 N–H and O–H groups in total. The largest absolute Gasteiger partial charge is 0.462 e. The van der Waals surface area contributed by atoms with Gasteiger partial charge in [0.25, 0.3) is 0 Å². The lowest BCUT2D eigenvalue weighted by Gasteiger charge is -2.23. The lowest BCUT2D eigenvalue weighted by atomic mass is 9.86. The average molecular weight is 396 g/mol. The van der Waals surface area contributed by atoms with Crippen molar-refractivity contribution in [2.45, 2.75) is 50.9 Å². The number of esters is 2. The van der Waals surface area contributed by atoms with Crippen LogP contribution in [0.15, 0.2) is 54.6 Å². The summed E-state index contributed by atoms with van der Waals surface area (Å²) in [7, 11) is 0. The standard InChI is InChI=1S/C24H28O5/c1-15(16-7-5-6-8-16)20(25)12-11-18-19-13-23(26)28-22(19)14-21(18)29-24(27)17-9-3-2-4-10-17/h2-5,7,9-12,15-16,18-22,25H,6,8,13-14H2,1H3/b12-11+/t15?,16?,18-,19-,20+,21-,22+/m1/s1. The van der Waals surface area contributed by atoms with Crippen LogP contribution in [0.2, 0.25) is 0 Å². The number of aliphatic hydroxyl groups is 1. The molecule has 154 valence electrons. The SMILES string of the molecule is CC(C1C=CCC1)[C@@H](O)/C=C/[C@@H]1[C@H]2CC(=O)O[C@H]2C[C@H]1OC(=O)c1ccccc1. The minimum absolute atomic E-state index is 0.0128. The second-order valence-corrected chi connectivity index (χ2v) is 8.42. The Morgan fingerprint density at radius 2 is 2.10 bits per heavy atom. The third-order valence-corrected chi connectivity index (χ3v) is 6.61. The molecule has 1 saturated heterocycles. The Labute approximate surface area is 171 Å². The van der Waals surface area contributed by atoms with Gasteiger partial charge in [-0.05, 0) is 36.8 Å². The highest BCUT2D eigenvalue weighted by Gasteiger charge is 2.50. The van der Waals surface area contributed by atoms with Crippen molar-refractivity contribution in [2.75, 3.05) is 0 Å². The van der Waals surface area contributed by atoms with E-state index in [1.807, 2.05) is 18.2 Å². The zero-order valence-electron chi connectivity index (χ0n) is 16.6. The van der Waals surface area contributed by atoms with E-state index in [9.17, 15) is 14.7 Å². The van der Waals surface area contributed by atoms with Crippen molar-refractivity contribution in [3.63, 3.8) is 0 Å². The fourth-order valence-electron chi connectivity index (χ4n) is 4.83. The number of ether oxygens (including phenoxy) is 2. The second-order valence-electron chi connectivity index (χ2n) is 8.42. The molecule has 7 atom stereocenters. The van der Waals surface area contributed by atoms with Crippen LogP contribution in [0.25, 0.3) is 0 Å². The molecule has 5 heteroatoms. The Balaban J connectivity index is 1.46. The minimum Gasteiger partial charge on any atom is -0.462 e. The van der Waals surface area contributed by atoms with Gasteiger partial charge in [0.2, 0.25) is 0 Å². The molecule has 0 amide bonds. The van der Waals surface area contributed by atoms with Crippen LogP contribution in [-0.4, -0.2) is 35.4 Å². The van der Waals surface area contributed by atoms with Crippen LogP contribution in [0.3, 0.4) is 0 Å². The predicted molar refractivity (Wildman–Crippen MR) is 108 cm³/mol. The summed E-state index contributed by atoms with van der Waals surface area (Å²) in [6.07, 6.45) is 9.90. The zero-order valence-corrected chi connectivity index (χ0v) is 16.6. The zero-order chi connectivity index (χ0) is 20.4. The molecule has 2 unspecified atom stereocenters. The highest BCUT2D eigenvalue weighted by atomic mass is 16.6. The number of carbonyl (C=O) groups is 2. The molecule has 1 aliphatic heterocycles. The molecular weight excluding hydrogens is 368 g/mol. The number of hydrogen-bond acceptors (Lipinski definition) is 5. The van der Waals surface area contributed by atoms with Crippen LogP contribution in [0.1, 0.15) is 43.0 Å². The smallest absolute Gasteiger partial charge is 0.338 e. The molecule has 2 fully saturated rings. The fraction of sp³-hybridized carbons (Fsp3) is 0.500. The van der Waals surface area contributed by atoms with Crippen LogP contribution in [0.5, 0.6) is 0 Å². The summed E-state index contributed by atoms with van der Waals surface area (Å²) in [4.78, 5) is 24.3. The molecule has 5 nitrogen and oxygen atoms in total. The van der Waals surface area contributed by atoms with E-state index in [1.54, 1.807) is 24.3 Å². The van der Waals surface area contributed by atoms with E-state index in [4.69, 9.17) is 9.47 Å². The predicted octanol–water partition coefficient (Wildman–Crippen LogP) is 3.68. The van der Waals surface area contributed by atoms with Gasteiger partial charge in [-0.2, -0.15) is 0 Å². The molecule has 1 aromatic rings. The number of carbonyl (C=O) groups excluding carboxylic acids is 2. The van der Waals surface area contributed by atoms with Crippen molar-refractivity contribution in [3.8, 4) is 0 Å². The van der Waals surface area contributed by atoms with Gasteiger partial charge in [0.1, 0.15) is 12.2 Å². The quantitative estimate of drug-likeness (QED) is 0.587. The van der Waals surface area contributed by atoms with Gasteiger partial charge >= 0.3 is 11.9 Å². The van der Waals surface area contributed by atoms with Gasteiger partial charge in [-0.3, -0.25) is 4.79 Å². The summed E-state index contributed by atoms with van der Waals surface area (Å²) in [5.74, 6) is -0.217. The topological polar surface area (TPSA) is 72.8 Å². The summed E-state index contributed by atoms with van der Waals surface area (Å²) < 4.78 is 11.2. The van der Waals surface area contributed by atoms with E-state index in [1.165, 1.54) is 0 Å². The molecule has 1 heterocycles.